The Morgan fingerprint density at radius 2 is 1.26 bits per heavy atom. The van der Waals surface area contributed by atoms with Gasteiger partial charge in [0.05, 0.1) is 17.0 Å². The zero-order chi connectivity index (χ0) is 27.6. The highest BCUT2D eigenvalue weighted by Crippen LogP contribution is 2.32. The Morgan fingerprint density at radius 1 is 0.744 bits per heavy atom. The maximum absolute atomic E-state index is 13.3. The van der Waals surface area contributed by atoms with E-state index in [0.717, 1.165) is 23.3 Å². The molecule has 0 fully saturated rings. The van der Waals surface area contributed by atoms with Crippen molar-refractivity contribution in [1.29, 1.82) is 0 Å². The first-order valence-electron chi connectivity index (χ1n) is 11.5. The Balaban J connectivity index is 1.36. The summed E-state index contributed by atoms with van der Waals surface area (Å²) in [4.78, 5) is 13.3. The van der Waals surface area contributed by atoms with Gasteiger partial charge in [-0.2, -0.15) is 23.0 Å². The second kappa shape index (κ2) is 10.8. The molecule has 5 nitrogen and oxygen atoms in total. The fourth-order valence-electron chi connectivity index (χ4n) is 3.75. The highest BCUT2D eigenvalue weighted by atomic mass is 35.5. The molecule has 0 spiro atoms. The molecule has 10 heteroatoms. The number of amides is 1. The standard InChI is InChI=1S/C29H18Cl2F3N3O2/c30-21-7-1-18(2-8-21)26-17-27(19-3-9-22(31)10-4-19)37(36-26)28(38)35-23-11-15-25(16-12-23)39-24-13-5-20(6-14-24)29(32,33)34/h1-17H,(H,35,38). The van der Waals surface area contributed by atoms with Gasteiger partial charge in [0.1, 0.15) is 11.5 Å². The van der Waals surface area contributed by atoms with Crippen molar-refractivity contribution in [2.24, 2.45) is 0 Å². The molecule has 0 unspecified atom stereocenters. The van der Waals surface area contributed by atoms with Crippen molar-refractivity contribution < 1.29 is 22.7 Å². The molecule has 1 heterocycles. The van der Waals surface area contributed by atoms with Crippen LogP contribution in [0.4, 0.5) is 23.7 Å². The van der Waals surface area contributed by atoms with E-state index >= 15 is 0 Å². The van der Waals surface area contributed by atoms with Gasteiger partial charge in [0.15, 0.2) is 0 Å². The molecule has 0 atom stereocenters. The number of alkyl halides is 3. The topological polar surface area (TPSA) is 56.1 Å². The van der Waals surface area contributed by atoms with Crippen LogP contribution in [0.2, 0.25) is 10.0 Å². The second-order valence-electron chi connectivity index (χ2n) is 8.42. The van der Waals surface area contributed by atoms with E-state index in [9.17, 15) is 18.0 Å². The number of hydrogen-bond acceptors (Lipinski definition) is 3. The lowest BCUT2D eigenvalue weighted by Gasteiger charge is -2.11. The van der Waals surface area contributed by atoms with Crippen LogP contribution in [0.15, 0.2) is 103 Å². The van der Waals surface area contributed by atoms with E-state index in [4.69, 9.17) is 27.9 Å². The predicted molar refractivity (Wildman–Crippen MR) is 145 cm³/mol. The number of hydrogen-bond donors (Lipinski definition) is 1. The van der Waals surface area contributed by atoms with Crippen molar-refractivity contribution in [2.75, 3.05) is 5.32 Å². The molecule has 0 saturated heterocycles. The lowest BCUT2D eigenvalue weighted by molar-refractivity contribution is -0.137. The van der Waals surface area contributed by atoms with Crippen LogP contribution in [0.1, 0.15) is 5.56 Å². The number of halogens is 5. The van der Waals surface area contributed by atoms with Gasteiger partial charge < -0.3 is 10.1 Å². The quantitative estimate of drug-likeness (QED) is 0.230. The molecule has 0 aliphatic rings. The Hall–Kier alpha value is -4.27. The van der Waals surface area contributed by atoms with Crippen LogP contribution in [-0.4, -0.2) is 15.8 Å². The van der Waals surface area contributed by atoms with Crippen LogP contribution >= 0.6 is 23.2 Å². The van der Waals surface area contributed by atoms with Gasteiger partial charge in [-0.25, -0.2) is 4.79 Å². The van der Waals surface area contributed by atoms with E-state index in [1.54, 1.807) is 66.7 Å². The van der Waals surface area contributed by atoms with Gasteiger partial charge in [0.2, 0.25) is 0 Å². The van der Waals surface area contributed by atoms with Crippen molar-refractivity contribution in [1.82, 2.24) is 9.78 Å². The largest absolute Gasteiger partial charge is 0.457 e. The van der Waals surface area contributed by atoms with Crippen molar-refractivity contribution >= 4 is 34.9 Å². The van der Waals surface area contributed by atoms with Gasteiger partial charge in [-0.15, -0.1) is 0 Å². The van der Waals surface area contributed by atoms with Gasteiger partial charge in [-0.3, -0.25) is 0 Å². The Labute approximate surface area is 231 Å². The normalized spacial score (nSPS) is 11.3. The second-order valence-corrected chi connectivity index (χ2v) is 9.29. The molecule has 1 aromatic heterocycles. The summed E-state index contributed by atoms with van der Waals surface area (Å²) in [6.07, 6.45) is -4.42. The van der Waals surface area contributed by atoms with Crippen LogP contribution < -0.4 is 10.1 Å². The monoisotopic (exact) mass is 567 g/mol. The molecule has 196 valence electrons. The molecule has 5 rings (SSSR count). The summed E-state index contributed by atoms with van der Waals surface area (Å²) in [5.41, 5.74) is 2.35. The smallest absolute Gasteiger partial charge is 0.416 e. The molecule has 0 aliphatic heterocycles. The van der Waals surface area contributed by atoms with E-state index in [1.165, 1.54) is 16.8 Å². The summed E-state index contributed by atoms with van der Waals surface area (Å²) >= 11 is 12.1. The first kappa shape index (κ1) is 26.3. The fraction of sp³-hybridized carbons (Fsp3) is 0.0345. The molecule has 5 aromatic rings. The summed E-state index contributed by atoms with van der Waals surface area (Å²) in [5.74, 6) is 0.636. The van der Waals surface area contributed by atoms with Crippen LogP contribution in [0.25, 0.3) is 22.5 Å². The maximum atomic E-state index is 13.3. The predicted octanol–water partition coefficient (Wildman–Crippen LogP) is 9.42. The molecule has 1 N–H and O–H groups in total. The lowest BCUT2D eigenvalue weighted by Crippen LogP contribution is -2.21. The maximum Gasteiger partial charge on any atom is 0.416 e. The molecular weight excluding hydrogens is 550 g/mol. The number of aromatic nitrogens is 2. The third-order valence-corrected chi connectivity index (χ3v) is 6.21. The Bertz CT molecular complexity index is 1600. The summed E-state index contributed by atoms with van der Waals surface area (Å²) in [6.45, 7) is 0. The van der Waals surface area contributed by atoms with Crippen molar-refractivity contribution in [3.05, 3.63) is 119 Å². The van der Waals surface area contributed by atoms with Crippen LogP contribution in [0.3, 0.4) is 0 Å². The Morgan fingerprint density at radius 3 is 1.79 bits per heavy atom. The van der Waals surface area contributed by atoms with Crippen molar-refractivity contribution in [2.45, 2.75) is 6.18 Å². The summed E-state index contributed by atoms with van der Waals surface area (Å²) in [6, 6.07) is 26.2. The minimum absolute atomic E-state index is 0.249. The van der Waals surface area contributed by atoms with Gasteiger partial charge >= 0.3 is 12.2 Å². The number of nitrogens with one attached hydrogen (secondary N) is 1. The van der Waals surface area contributed by atoms with Crippen LogP contribution in [0, 0.1) is 0 Å². The average Bonchev–Trinajstić information content (AvgIpc) is 3.36. The van der Waals surface area contributed by atoms with Gasteiger partial charge in [0.25, 0.3) is 0 Å². The molecule has 0 bridgehead atoms. The zero-order valence-corrected chi connectivity index (χ0v) is 21.4. The summed E-state index contributed by atoms with van der Waals surface area (Å²) in [5, 5.41) is 8.47. The van der Waals surface area contributed by atoms with E-state index in [2.05, 4.69) is 10.4 Å². The molecule has 0 radical (unpaired) electrons. The highest BCUT2D eigenvalue weighted by molar-refractivity contribution is 6.31. The number of anilines is 1. The number of ether oxygens (including phenoxy) is 1. The van der Waals surface area contributed by atoms with Crippen molar-refractivity contribution in [3.63, 3.8) is 0 Å². The molecule has 0 aliphatic carbocycles. The average molecular weight is 568 g/mol. The minimum atomic E-state index is -4.42. The third-order valence-electron chi connectivity index (χ3n) is 5.70. The number of nitrogens with zero attached hydrogens (tertiary/aromatic N) is 2. The fourth-order valence-corrected chi connectivity index (χ4v) is 4.01. The van der Waals surface area contributed by atoms with Crippen molar-refractivity contribution in [3.8, 4) is 34.0 Å². The van der Waals surface area contributed by atoms with Crippen LogP contribution in [-0.2, 0) is 6.18 Å². The number of rotatable bonds is 5. The van der Waals surface area contributed by atoms with E-state index < -0.39 is 17.8 Å². The highest BCUT2D eigenvalue weighted by Gasteiger charge is 2.30. The SMILES string of the molecule is O=C(Nc1ccc(Oc2ccc(C(F)(F)F)cc2)cc1)n1nc(-c2ccc(Cl)cc2)cc1-c1ccc(Cl)cc1. The molecule has 1 amide bonds. The third kappa shape index (κ3) is 6.25. The minimum Gasteiger partial charge on any atom is -0.457 e. The van der Waals surface area contributed by atoms with Gasteiger partial charge in [0, 0.05) is 26.9 Å². The van der Waals surface area contributed by atoms with Crippen LogP contribution in [0.5, 0.6) is 11.5 Å². The van der Waals surface area contributed by atoms with Gasteiger partial charge in [-0.05, 0) is 78.9 Å². The first-order chi connectivity index (χ1) is 18.7. The van der Waals surface area contributed by atoms with Gasteiger partial charge in [-0.1, -0.05) is 47.5 Å². The summed E-state index contributed by atoms with van der Waals surface area (Å²) < 4.78 is 45.2. The Kier molecular flexibility index (Phi) is 7.32. The molecular formula is C29H18Cl2F3N3O2. The summed E-state index contributed by atoms with van der Waals surface area (Å²) in [7, 11) is 0. The lowest BCUT2D eigenvalue weighted by atomic mass is 10.1. The number of carbonyl (C=O) groups is 1. The molecule has 39 heavy (non-hydrogen) atoms. The molecule has 0 saturated carbocycles. The number of carbonyl (C=O) groups excluding carboxylic acids is 1. The van der Waals surface area contributed by atoms with E-state index in [1.807, 2.05) is 12.1 Å². The molecule has 4 aromatic carbocycles. The van der Waals surface area contributed by atoms with E-state index in [0.29, 0.717) is 32.9 Å². The zero-order valence-electron chi connectivity index (χ0n) is 19.9. The first-order valence-corrected chi connectivity index (χ1v) is 12.3. The number of benzene rings is 4. The van der Waals surface area contributed by atoms with E-state index in [-0.39, 0.29) is 5.75 Å².